The third-order valence-corrected chi connectivity index (χ3v) is 6.96. The molecule has 2 aromatic heterocycles. The Labute approximate surface area is 211 Å². The van der Waals surface area contributed by atoms with Crippen LogP contribution in [-0.2, 0) is 4.74 Å². The van der Waals surface area contributed by atoms with E-state index in [-0.39, 0.29) is 17.4 Å². The number of hydrogen-bond donors (Lipinski definition) is 3. The van der Waals surface area contributed by atoms with Gasteiger partial charge in [-0.3, -0.25) is 4.90 Å². The number of likely N-dealkylation sites (tertiary alicyclic amines) is 1. The van der Waals surface area contributed by atoms with Crippen molar-refractivity contribution in [3.63, 3.8) is 0 Å². The summed E-state index contributed by atoms with van der Waals surface area (Å²) >= 11 is 0. The second kappa shape index (κ2) is 10.1. The fourth-order valence-corrected chi connectivity index (χ4v) is 4.69. The first-order valence-electron chi connectivity index (χ1n) is 12.1. The van der Waals surface area contributed by atoms with Crippen LogP contribution in [-0.4, -0.2) is 77.2 Å². The van der Waals surface area contributed by atoms with Gasteiger partial charge >= 0.3 is 6.18 Å². The van der Waals surface area contributed by atoms with Crippen LogP contribution in [0.2, 0.25) is 0 Å². The van der Waals surface area contributed by atoms with Crippen molar-refractivity contribution < 1.29 is 22.6 Å². The number of piperidine rings is 1. The highest BCUT2D eigenvalue weighted by Crippen LogP contribution is 2.37. The second-order valence-corrected chi connectivity index (χ2v) is 9.36. The minimum absolute atomic E-state index is 0.106. The van der Waals surface area contributed by atoms with E-state index in [0.717, 1.165) is 46.1 Å². The Morgan fingerprint density at radius 2 is 1.97 bits per heavy atom. The van der Waals surface area contributed by atoms with Crippen LogP contribution in [0.5, 0.6) is 5.88 Å². The third kappa shape index (κ3) is 5.18. The highest BCUT2D eigenvalue weighted by atomic mass is 19.4. The molecule has 37 heavy (non-hydrogen) atoms. The number of benzene rings is 1. The Morgan fingerprint density at radius 3 is 2.59 bits per heavy atom. The van der Waals surface area contributed by atoms with Crippen LogP contribution in [0, 0.1) is 5.53 Å². The Balaban J connectivity index is 1.39. The maximum absolute atomic E-state index is 13.1. The Bertz CT molecular complexity index is 1270. The summed E-state index contributed by atoms with van der Waals surface area (Å²) < 4.78 is 52.0. The number of fused-ring (bicyclic) bond motifs is 1. The van der Waals surface area contributed by atoms with Crippen molar-refractivity contribution >= 4 is 22.8 Å². The lowest BCUT2D eigenvalue weighted by atomic mass is 10.0. The summed E-state index contributed by atoms with van der Waals surface area (Å²) in [5.41, 5.74) is 9.43. The molecule has 1 aromatic carbocycles. The first-order chi connectivity index (χ1) is 17.8. The second-order valence-electron chi connectivity index (χ2n) is 9.36. The molecule has 3 N–H and O–H groups in total. The maximum atomic E-state index is 13.1. The predicted octanol–water partition coefficient (Wildman–Crippen LogP) is 4.71. The number of anilines is 2. The lowest BCUT2D eigenvalue weighted by Crippen LogP contribution is -2.53. The van der Waals surface area contributed by atoms with Crippen molar-refractivity contribution in [3.8, 4) is 17.0 Å². The molecule has 2 aliphatic rings. The monoisotopic (exact) mass is 518 g/mol. The molecule has 198 valence electrons. The molecule has 10 nitrogen and oxygen atoms in total. The van der Waals surface area contributed by atoms with Gasteiger partial charge in [0.1, 0.15) is 17.2 Å². The molecule has 2 fully saturated rings. The van der Waals surface area contributed by atoms with Crippen LogP contribution in [0.4, 0.5) is 30.5 Å². The minimum Gasteiger partial charge on any atom is -0.479 e. The molecule has 0 saturated carbocycles. The predicted molar refractivity (Wildman–Crippen MR) is 132 cm³/mol. The van der Waals surface area contributed by atoms with E-state index in [1.54, 1.807) is 22.8 Å². The number of rotatable bonds is 8. The molecule has 0 unspecified atom stereocenters. The zero-order valence-corrected chi connectivity index (χ0v) is 20.5. The third-order valence-electron chi connectivity index (χ3n) is 6.96. The summed E-state index contributed by atoms with van der Waals surface area (Å²) in [5.74, 6) is 0.788. The average molecular weight is 519 g/mol. The van der Waals surface area contributed by atoms with Gasteiger partial charge in [0.2, 0.25) is 11.8 Å². The molecule has 0 radical (unpaired) electrons. The van der Waals surface area contributed by atoms with Crippen LogP contribution in [0.15, 0.2) is 35.6 Å². The fourth-order valence-electron chi connectivity index (χ4n) is 4.69. The van der Waals surface area contributed by atoms with E-state index in [9.17, 15) is 13.2 Å². The highest BCUT2D eigenvalue weighted by Gasteiger charge is 2.36. The first-order valence-corrected chi connectivity index (χ1v) is 12.1. The topological polar surface area (TPSA) is 112 Å². The molecule has 2 aliphatic heterocycles. The van der Waals surface area contributed by atoms with Gasteiger partial charge in [-0.05, 0) is 43.5 Å². The molecule has 3 aromatic rings. The van der Waals surface area contributed by atoms with E-state index < -0.39 is 12.2 Å². The molecule has 1 atom stereocenters. The van der Waals surface area contributed by atoms with Crippen molar-refractivity contribution in [2.75, 3.05) is 44.0 Å². The van der Waals surface area contributed by atoms with Crippen LogP contribution in [0.1, 0.15) is 19.8 Å². The Morgan fingerprint density at radius 1 is 1.22 bits per heavy atom. The molecule has 13 heteroatoms. The first kappa shape index (κ1) is 25.2. The number of hydrogen-bond acceptors (Lipinski definition) is 9. The van der Waals surface area contributed by atoms with Crippen LogP contribution in [0.3, 0.4) is 0 Å². The van der Waals surface area contributed by atoms with Crippen molar-refractivity contribution in [1.29, 1.82) is 5.53 Å². The van der Waals surface area contributed by atoms with Crippen LogP contribution in [0.25, 0.3) is 16.6 Å². The lowest BCUT2D eigenvalue weighted by molar-refractivity contribution is -0.138. The summed E-state index contributed by atoms with van der Waals surface area (Å²) in [4.78, 5) is 7.04. The molecule has 0 aliphatic carbocycles. The largest absolute Gasteiger partial charge is 0.479 e. The number of halogens is 3. The maximum Gasteiger partial charge on any atom is 0.408 e. The number of alkyl halides is 3. The van der Waals surface area contributed by atoms with Gasteiger partial charge in [0, 0.05) is 30.9 Å². The molecule has 5 rings (SSSR count). The van der Waals surface area contributed by atoms with E-state index in [1.165, 1.54) is 19.2 Å². The normalized spacial score (nSPS) is 18.4. The molecular formula is C24H29F3N8O2. The van der Waals surface area contributed by atoms with Crippen molar-refractivity contribution in [2.45, 2.75) is 44.1 Å². The standard InChI is InChI=1S/C24H29F3N8O2/c1-14(24(25,26)27)29-20-11-15(3-4-19(20)32-28)18-7-10-35-21(18)22(36-2)31-23(33-35)30-16-5-8-34(9-6-16)17-12-37-13-17/h3-4,7,10-11,14,16-17,28-29H,5-6,8-9,12-13H2,1-2H3,(H,30,33)/t14-/m1/s1. The van der Waals surface area contributed by atoms with Gasteiger partial charge in [-0.1, -0.05) is 6.07 Å². The van der Waals surface area contributed by atoms with Crippen LogP contribution >= 0.6 is 0 Å². The molecule has 4 heterocycles. The number of ether oxygens (including phenoxy) is 2. The summed E-state index contributed by atoms with van der Waals surface area (Å²) in [7, 11) is 1.52. The van der Waals surface area contributed by atoms with E-state index >= 15 is 0 Å². The summed E-state index contributed by atoms with van der Waals surface area (Å²) in [6.45, 7) is 4.62. The van der Waals surface area contributed by atoms with Gasteiger partial charge in [-0.2, -0.15) is 23.3 Å². The van der Waals surface area contributed by atoms with Gasteiger partial charge in [-0.15, -0.1) is 5.10 Å². The fraction of sp³-hybridized carbons (Fsp3) is 0.500. The average Bonchev–Trinajstić information content (AvgIpc) is 3.27. The number of nitrogens with zero attached hydrogens (tertiary/aromatic N) is 5. The molecule has 0 bridgehead atoms. The number of aromatic nitrogens is 3. The lowest BCUT2D eigenvalue weighted by Gasteiger charge is -2.41. The summed E-state index contributed by atoms with van der Waals surface area (Å²) in [6, 6.07) is 5.50. The van der Waals surface area contributed by atoms with Gasteiger partial charge in [0.05, 0.1) is 32.1 Å². The molecule has 0 amide bonds. The molecule has 0 spiro atoms. The number of methoxy groups -OCH3 is 1. The van der Waals surface area contributed by atoms with Gasteiger partial charge in [-0.25, -0.2) is 10.0 Å². The van der Waals surface area contributed by atoms with E-state index in [1.807, 2.05) is 0 Å². The van der Waals surface area contributed by atoms with E-state index in [0.29, 0.717) is 34.5 Å². The zero-order valence-electron chi connectivity index (χ0n) is 20.5. The molecule has 2 saturated heterocycles. The van der Waals surface area contributed by atoms with Crippen molar-refractivity contribution in [1.82, 2.24) is 19.5 Å². The quantitative estimate of drug-likeness (QED) is 0.371. The smallest absolute Gasteiger partial charge is 0.408 e. The molecular weight excluding hydrogens is 489 g/mol. The summed E-state index contributed by atoms with van der Waals surface area (Å²) in [6.07, 6.45) is -0.748. The highest BCUT2D eigenvalue weighted by molar-refractivity contribution is 5.87. The minimum atomic E-state index is -4.44. The SMILES string of the molecule is COc1nc(NC2CCN(C3COC3)CC2)nn2ccc(-c3ccc(N=N)c(N[C@H](C)C(F)(F)F)c3)c12. The van der Waals surface area contributed by atoms with Gasteiger partial charge < -0.3 is 20.1 Å². The number of nitrogens with one attached hydrogen (secondary N) is 3. The Hall–Kier alpha value is -3.45. The van der Waals surface area contributed by atoms with Gasteiger partial charge in [0.25, 0.3) is 0 Å². The van der Waals surface area contributed by atoms with Gasteiger partial charge in [0.15, 0.2) is 0 Å². The van der Waals surface area contributed by atoms with E-state index in [4.69, 9.17) is 15.0 Å². The Kier molecular flexibility index (Phi) is 6.90. The summed E-state index contributed by atoms with van der Waals surface area (Å²) in [5, 5.41) is 13.8. The van der Waals surface area contributed by atoms with Crippen LogP contribution < -0.4 is 15.4 Å². The van der Waals surface area contributed by atoms with Crippen molar-refractivity contribution in [2.24, 2.45) is 5.11 Å². The van der Waals surface area contributed by atoms with Crippen molar-refractivity contribution in [3.05, 3.63) is 30.5 Å². The van der Waals surface area contributed by atoms with E-state index in [2.05, 4.69) is 30.7 Å². The zero-order chi connectivity index (χ0) is 26.2.